The lowest BCUT2D eigenvalue weighted by molar-refractivity contribution is 0.758. The lowest BCUT2D eigenvalue weighted by atomic mass is 10.3. The molecule has 0 saturated carbocycles. The van der Waals surface area contributed by atoms with Crippen LogP contribution in [0.4, 0.5) is 5.82 Å². The molecule has 3 nitrogen and oxygen atoms in total. The van der Waals surface area contributed by atoms with Crippen molar-refractivity contribution in [2.24, 2.45) is 0 Å². The van der Waals surface area contributed by atoms with Crippen LogP contribution in [0, 0.1) is 0 Å². The van der Waals surface area contributed by atoms with Gasteiger partial charge in [-0.3, -0.25) is 4.98 Å². The number of hydrogen-bond donors (Lipinski definition) is 0. The third-order valence-electron chi connectivity index (χ3n) is 1.79. The summed E-state index contributed by atoms with van der Waals surface area (Å²) in [6, 6.07) is 0. The molecule has 0 radical (unpaired) electrons. The second kappa shape index (κ2) is 4.70. The fraction of sp³-hybridized carbons (Fsp3) is 0.556. The van der Waals surface area contributed by atoms with Gasteiger partial charge in [0.1, 0.15) is 5.82 Å². The molecule has 1 aromatic rings. The SMILES string of the molecule is CCCCN(C)c1cnccn1. The first-order valence-corrected chi connectivity index (χ1v) is 4.31. The molecule has 0 atom stereocenters. The largest absolute Gasteiger partial charge is 0.358 e. The number of anilines is 1. The summed E-state index contributed by atoms with van der Waals surface area (Å²) in [6.45, 7) is 3.24. The Kier molecular flexibility index (Phi) is 3.51. The molecule has 0 N–H and O–H groups in total. The average molecular weight is 165 g/mol. The number of aromatic nitrogens is 2. The molecule has 12 heavy (non-hydrogen) atoms. The molecule has 0 unspecified atom stereocenters. The molecule has 0 amide bonds. The van der Waals surface area contributed by atoms with Crippen molar-refractivity contribution in [2.45, 2.75) is 19.8 Å². The van der Waals surface area contributed by atoms with Crippen molar-refractivity contribution in [1.82, 2.24) is 9.97 Å². The lowest BCUT2D eigenvalue weighted by Gasteiger charge is -2.16. The Labute approximate surface area is 73.5 Å². The van der Waals surface area contributed by atoms with Crippen LogP contribution in [0.2, 0.25) is 0 Å². The van der Waals surface area contributed by atoms with Crippen molar-refractivity contribution < 1.29 is 0 Å². The molecule has 3 heteroatoms. The Morgan fingerprint density at radius 1 is 1.42 bits per heavy atom. The molecule has 0 saturated heterocycles. The second-order valence-electron chi connectivity index (χ2n) is 2.84. The van der Waals surface area contributed by atoms with Gasteiger partial charge in [0.05, 0.1) is 6.20 Å². The predicted octanol–water partition coefficient (Wildman–Crippen LogP) is 1.71. The van der Waals surface area contributed by atoms with Gasteiger partial charge in [-0.1, -0.05) is 13.3 Å². The van der Waals surface area contributed by atoms with Gasteiger partial charge >= 0.3 is 0 Å². The van der Waals surface area contributed by atoms with Gasteiger partial charge in [0, 0.05) is 26.0 Å². The molecule has 0 bridgehead atoms. The summed E-state index contributed by atoms with van der Waals surface area (Å²) in [7, 11) is 2.04. The zero-order chi connectivity index (χ0) is 8.81. The highest BCUT2D eigenvalue weighted by molar-refractivity contribution is 5.33. The normalized spacial score (nSPS) is 9.83. The van der Waals surface area contributed by atoms with E-state index < -0.39 is 0 Å². The van der Waals surface area contributed by atoms with Gasteiger partial charge in [-0.2, -0.15) is 0 Å². The van der Waals surface area contributed by atoms with Gasteiger partial charge in [-0.15, -0.1) is 0 Å². The van der Waals surface area contributed by atoms with E-state index in [9.17, 15) is 0 Å². The topological polar surface area (TPSA) is 29.0 Å². The van der Waals surface area contributed by atoms with Crippen LogP contribution in [0.3, 0.4) is 0 Å². The summed E-state index contributed by atoms with van der Waals surface area (Å²) in [5.41, 5.74) is 0. The van der Waals surface area contributed by atoms with Crippen molar-refractivity contribution in [3.8, 4) is 0 Å². The van der Waals surface area contributed by atoms with Crippen LogP contribution < -0.4 is 4.90 Å². The summed E-state index contributed by atoms with van der Waals surface area (Å²) < 4.78 is 0. The van der Waals surface area contributed by atoms with Crippen LogP contribution in [0.1, 0.15) is 19.8 Å². The molecule has 0 aliphatic rings. The predicted molar refractivity (Wildman–Crippen MR) is 50.2 cm³/mol. The van der Waals surface area contributed by atoms with Crippen LogP contribution in [-0.2, 0) is 0 Å². The minimum absolute atomic E-state index is 0.950. The highest BCUT2D eigenvalue weighted by Gasteiger charge is 1.99. The van der Waals surface area contributed by atoms with E-state index in [1.165, 1.54) is 12.8 Å². The molecule has 0 aliphatic carbocycles. The van der Waals surface area contributed by atoms with Crippen molar-refractivity contribution in [3.63, 3.8) is 0 Å². The van der Waals surface area contributed by atoms with E-state index in [2.05, 4.69) is 21.8 Å². The Balaban J connectivity index is 2.48. The zero-order valence-corrected chi connectivity index (χ0v) is 7.70. The maximum absolute atomic E-state index is 4.19. The molecule has 1 rings (SSSR count). The standard InChI is InChI=1S/C9H15N3/c1-3-4-7-12(2)9-8-10-5-6-11-9/h5-6,8H,3-4,7H2,1-2H3. The van der Waals surface area contributed by atoms with E-state index in [0.29, 0.717) is 0 Å². The Hall–Kier alpha value is -1.12. The van der Waals surface area contributed by atoms with Crippen LogP contribution in [0.5, 0.6) is 0 Å². The summed E-state index contributed by atoms with van der Waals surface area (Å²) >= 11 is 0. The second-order valence-corrected chi connectivity index (χ2v) is 2.84. The highest BCUT2D eigenvalue weighted by Crippen LogP contribution is 2.05. The minimum atomic E-state index is 0.950. The smallest absolute Gasteiger partial charge is 0.146 e. The van der Waals surface area contributed by atoms with Crippen LogP contribution in [-0.4, -0.2) is 23.6 Å². The van der Waals surface area contributed by atoms with Crippen LogP contribution in [0.25, 0.3) is 0 Å². The zero-order valence-electron chi connectivity index (χ0n) is 7.70. The van der Waals surface area contributed by atoms with E-state index >= 15 is 0 Å². The van der Waals surface area contributed by atoms with Crippen molar-refractivity contribution in [3.05, 3.63) is 18.6 Å². The first-order chi connectivity index (χ1) is 5.84. The number of hydrogen-bond acceptors (Lipinski definition) is 3. The molecule has 0 spiro atoms. The molecular weight excluding hydrogens is 150 g/mol. The number of rotatable bonds is 4. The summed E-state index contributed by atoms with van der Waals surface area (Å²) in [5, 5.41) is 0. The summed E-state index contributed by atoms with van der Waals surface area (Å²) in [6.07, 6.45) is 7.61. The number of unbranched alkanes of at least 4 members (excludes halogenated alkanes) is 1. The molecule has 0 aromatic carbocycles. The molecule has 0 fully saturated rings. The molecule has 1 aromatic heterocycles. The first kappa shape index (κ1) is 8.97. The van der Waals surface area contributed by atoms with Crippen LogP contribution in [0.15, 0.2) is 18.6 Å². The van der Waals surface area contributed by atoms with Crippen molar-refractivity contribution in [2.75, 3.05) is 18.5 Å². The third-order valence-corrected chi connectivity index (χ3v) is 1.79. The Morgan fingerprint density at radius 2 is 2.25 bits per heavy atom. The highest BCUT2D eigenvalue weighted by atomic mass is 15.2. The molecule has 0 aliphatic heterocycles. The average Bonchev–Trinajstić information content (AvgIpc) is 2.15. The van der Waals surface area contributed by atoms with E-state index in [-0.39, 0.29) is 0 Å². The van der Waals surface area contributed by atoms with Crippen molar-refractivity contribution in [1.29, 1.82) is 0 Å². The first-order valence-electron chi connectivity index (χ1n) is 4.31. The molecular formula is C9H15N3. The summed E-state index contributed by atoms with van der Waals surface area (Å²) in [5.74, 6) is 0.950. The van der Waals surface area contributed by atoms with Gasteiger partial charge in [-0.05, 0) is 6.42 Å². The molecule has 1 heterocycles. The Bertz CT molecular complexity index is 210. The Morgan fingerprint density at radius 3 is 2.83 bits per heavy atom. The van der Waals surface area contributed by atoms with E-state index in [0.717, 1.165) is 12.4 Å². The van der Waals surface area contributed by atoms with Gasteiger partial charge in [0.15, 0.2) is 0 Å². The van der Waals surface area contributed by atoms with Crippen molar-refractivity contribution >= 4 is 5.82 Å². The fourth-order valence-electron chi connectivity index (χ4n) is 0.998. The van der Waals surface area contributed by atoms with Crippen LogP contribution >= 0.6 is 0 Å². The molecule has 66 valence electrons. The van der Waals surface area contributed by atoms with E-state index in [4.69, 9.17) is 0 Å². The van der Waals surface area contributed by atoms with E-state index in [1.807, 2.05) is 7.05 Å². The maximum atomic E-state index is 4.19. The summed E-state index contributed by atoms with van der Waals surface area (Å²) in [4.78, 5) is 10.3. The monoisotopic (exact) mass is 165 g/mol. The van der Waals surface area contributed by atoms with Gasteiger partial charge in [-0.25, -0.2) is 4.98 Å². The quantitative estimate of drug-likeness (QED) is 0.680. The number of nitrogens with zero attached hydrogens (tertiary/aromatic N) is 3. The van der Waals surface area contributed by atoms with Gasteiger partial charge < -0.3 is 4.90 Å². The van der Waals surface area contributed by atoms with Gasteiger partial charge in [0.25, 0.3) is 0 Å². The van der Waals surface area contributed by atoms with Gasteiger partial charge in [0.2, 0.25) is 0 Å². The van der Waals surface area contributed by atoms with E-state index in [1.54, 1.807) is 18.6 Å². The lowest BCUT2D eigenvalue weighted by Crippen LogP contribution is -2.19. The fourth-order valence-corrected chi connectivity index (χ4v) is 0.998. The minimum Gasteiger partial charge on any atom is -0.358 e. The maximum Gasteiger partial charge on any atom is 0.146 e. The third kappa shape index (κ3) is 2.49.